The predicted molar refractivity (Wildman–Crippen MR) is 79.8 cm³/mol. The van der Waals surface area contributed by atoms with Crippen LogP contribution in [0.15, 0.2) is 0 Å². The predicted octanol–water partition coefficient (Wildman–Crippen LogP) is 4.76. The molecule has 2 aliphatic rings. The van der Waals surface area contributed by atoms with E-state index in [1.807, 2.05) is 0 Å². The molecule has 0 aromatic rings. The minimum absolute atomic E-state index is 0.833. The van der Waals surface area contributed by atoms with E-state index in [1.54, 1.807) is 0 Å². The fourth-order valence-corrected chi connectivity index (χ4v) is 4.50. The van der Waals surface area contributed by atoms with Crippen molar-refractivity contribution in [2.45, 2.75) is 83.6 Å². The van der Waals surface area contributed by atoms with Gasteiger partial charge in [0.25, 0.3) is 0 Å². The van der Waals surface area contributed by atoms with E-state index in [0.717, 1.165) is 23.8 Å². The van der Waals surface area contributed by atoms with Gasteiger partial charge in [-0.25, -0.2) is 0 Å². The molecule has 0 aromatic heterocycles. The zero-order valence-electron chi connectivity index (χ0n) is 12.6. The molecular formula is C17H33N. The molecule has 0 bridgehead atoms. The molecule has 0 saturated heterocycles. The molecule has 2 rings (SSSR count). The van der Waals surface area contributed by atoms with Crippen LogP contribution in [-0.2, 0) is 0 Å². The summed E-state index contributed by atoms with van der Waals surface area (Å²) >= 11 is 0. The summed E-state index contributed by atoms with van der Waals surface area (Å²) in [5.74, 6) is 3.03. The van der Waals surface area contributed by atoms with Crippen LogP contribution in [0.25, 0.3) is 0 Å². The van der Waals surface area contributed by atoms with Crippen LogP contribution in [0.2, 0.25) is 0 Å². The molecule has 2 fully saturated rings. The van der Waals surface area contributed by atoms with Gasteiger partial charge in [-0.3, -0.25) is 0 Å². The Morgan fingerprint density at radius 3 is 2.11 bits per heavy atom. The van der Waals surface area contributed by atoms with Gasteiger partial charge in [-0.1, -0.05) is 51.9 Å². The third kappa shape index (κ3) is 3.73. The van der Waals surface area contributed by atoms with E-state index in [2.05, 4.69) is 19.3 Å². The van der Waals surface area contributed by atoms with Crippen LogP contribution >= 0.6 is 0 Å². The third-order valence-corrected chi connectivity index (χ3v) is 5.61. The summed E-state index contributed by atoms with van der Waals surface area (Å²) in [5, 5.41) is 3.67. The lowest BCUT2D eigenvalue weighted by Crippen LogP contribution is -2.41. The van der Waals surface area contributed by atoms with Crippen LogP contribution in [0.5, 0.6) is 0 Å². The molecule has 106 valence electrons. The van der Waals surface area contributed by atoms with Gasteiger partial charge in [0.1, 0.15) is 0 Å². The minimum Gasteiger partial charge on any atom is -0.316 e. The van der Waals surface area contributed by atoms with E-state index < -0.39 is 0 Å². The zero-order chi connectivity index (χ0) is 12.8. The Morgan fingerprint density at radius 2 is 1.56 bits per heavy atom. The zero-order valence-corrected chi connectivity index (χ0v) is 12.6. The minimum atomic E-state index is 0.833. The van der Waals surface area contributed by atoms with E-state index in [1.165, 1.54) is 70.6 Å². The maximum Gasteiger partial charge on any atom is 0.0121 e. The molecule has 1 nitrogen and oxygen atoms in total. The molecule has 1 N–H and O–H groups in total. The Balaban J connectivity index is 1.76. The summed E-state index contributed by atoms with van der Waals surface area (Å²) in [5.41, 5.74) is 0. The van der Waals surface area contributed by atoms with Crippen LogP contribution in [0.4, 0.5) is 0 Å². The maximum atomic E-state index is 3.67. The van der Waals surface area contributed by atoms with Crippen molar-refractivity contribution in [2.24, 2.45) is 17.8 Å². The third-order valence-electron chi connectivity index (χ3n) is 5.61. The molecule has 0 spiro atoms. The van der Waals surface area contributed by atoms with E-state index in [0.29, 0.717) is 0 Å². The second-order valence-corrected chi connectivity index (χ2v) is 6.78. The molecule has 0 radical (unpaired) electrons. The van der Waals surface area contributed by atoms with E-state index in [4.69, 9.17) is 0 Å². The van der Waals surface area contributed by atoms with Crippen molar-refractivity contribution in [3.8, 4) is 0 Å². The number of rotatable bonds is 6. The fraction of sp³-hybridized carbons (Fsp3) is 1.00. The molecule has 2 aliphatic carbocycles. The molecule has 1 heteroatoms. The first-order chi connectivity index (χ1) is 8.85. The topological polar surface area (TPSA) is 12.0 Å². The quantitative estimate of drug-likeness (QED) is 0.717. The molecule has 2 saturated carbocycles. The van der Waals surface area contributed by atoms with Crippen molar-refractivity contribution in [1.29, 1.82) is 0 Å². The van der Waals surface area contributed by atoms with E-state index in [9.17, 15) is 0 Å². The lowest BCUT2D eigenvalue weighted by molar-refractivity contribution is 0.179. The summed E-state index contributed by atoms with van der Waals surface area (Å²) < 4.78 is 0. The Labute approximate surface area is 114 Å². The van der Waals surface area contributed by atoms with Gasteiger partial charge in [-0.15, -0.1) is 0 Å². The van der Waals surface area contributed by atoms with Crippen LogP contribution < -0.4 is 5.32 Å². The van der Waals surface area contributed by atoms with Gasteiger partial charge < -0.3 is 5.32 Å². The first-order valence-corrected chi connectivity index (χ1v) is 8.52. The van der Waals surface area contributed by atoms with Crippen molar-refractivity contribution in [3.05, 3.63) is 0 Å². The largest absolute Gasteiger partial charge is 0.316 e. The number of nitrogens with one attached hydrogen (secondary N) is 1. The molecule has 18 heavy (non-hydrogen) atoms. The highest BCUT2D eigenvalue weighted by Gasteiger charge is 2.32. The Morgan fingerprint density at radius 1 is 0.944 bits per heavy atom. The Kier molecular flexibility index (Phi) is 6.01. The van der Waals surface area contributed by atoms with Gasteiger partial charge >= 0.3 is 0 Å². The van der Waals surface area contributed by atoms with Gasteiger partial charge in [0, 0.05) is 6.04 Å². The highest BCUT2D eigenvalue weighted by atomic mass is 14.9. The van der Waals surface area contributed by atoms with Crippen molar-refractivity contribution < 1.29 is 0 Å². The SMILES string of the molecule is CCCCC1CCC(C(NC)C2CCCC2)CC1. The fourth-order valence-electron chi connectivity index (χ4n) is 4.50. The molecule has 0 heterocycles. The second-order valence-electron chi connectivity index (χ2n) is 6.78. The molecule has 1 atom stereocenters. The van der Waals surface area contributed by atoms with Gasteiger partial charge in [-0.05, 0) is 50.5 Å². The van der Waals surface area contributed by atoms with Crippen molar-refractivity contribution in [3.63, 3.8) is 0 Å². The number of hydrogen-bond acceptors (Lipinski definition) is 1. The van der Waals surface area contributed by atoms with Crippen molar-refractivity contribution >= 4 is 0 Å². The first-order valence-electron chi connectivity index (χ1n) is 8.52. The monoisotopic (exact) mass is 251 g/mol. The number of unbranched alkanes of at least 4 members (excludes halogenated alkanes) is 1. The van der Waals surface area contributed by atoms with Gasteiger partial charge in [0.05, 0.1) is 0 Å². The smallest absolute Gasteiger partial charge is 0.0121 e. The first kappa shape index (κ1) is 14.4. The Hall–Kier alpha value is -0.0400. The summed E-state index contributed by atoms with van der Waals surface area (Å²) in [4.78, 5) is 0. The van der Waals surface area contributed by atoms with Crippen LogP contribution in [0.3, 0.4) is 0 Å². The maximum absolute atomic E-state index is 3.67. The number of hydrogen-bond donors (Lipinski definition) is 1. The molecule has 0 amide bonds. The van der Waals surface area contributed by atoms with E-state index >= 15 is 0 Å². The van der Waals surface area contributed by atoms with Crippen molar-refractivity contribution in [1.82, 2.24) is 5.32 Å². The van der Waals surface area contributed by atoms with Gasteiger partial charge in [0.2, 0.25) is 0 Å². The highest BCUT2D eigenvalue weighted by Crippen LogP contribution is 2.39. The molecule has 1 unspecified atom stereocenters. The normalized spacial score (nSPS) is 31.7. The van der Waals surface area contributed by atoms with Gasteiger partial charge in [-0.2, -0.15) is 0 Å². The van der Waals surface area contributed by atoms with Crippen molar-refractivity contribution in [2.75, 3.05) is 7.05 Å². The second kappa shape index (κ2) is 7.53. The lowest BCUT2D eigenvalue weighted by atomic mass is 9.73. The average Bonchev–Trinajstić information content (AvgIpc) is 2.93. The van der Waals surface area contributed by atoms with Gasteiger partial charge in [0.15, 0.2) is 0 Å². The van der Waals surface area contributed by atoms with Crippen LogP contribution in [0, 0.1) is 17.8 Å². The summed E-state index contributed by atoms with van der Waals surface area (Å²) in [6.07, 6.45) is 16.3. The lowest BCUT2D eigenvalue weighted by Gasteiger charge is -2.37. The standard InChI is InChI=1S/C17H33N/c1-3-4-7-14-10-12-16(13-11-14)17(18-2)15-8-5-6-9-15/h14-18H,3-13H2,1-2H3. The molecular weight excluding hydrogens is 218 g/mol. The summed E-state index contributed by atoms with van der Waals surface area (Å²) in [6, 6.07) is 0.833. The Bertz CT molecular complexity index is 212. The average molecular weight is 251 g/mol. The molecule has 0 aromatic carbocycles. The van der Waals surface area contributed by atoms with E-state index in [-0.39, 0.29) is 0 Å². The van der Waals surface area contributed by atoms with Crippen LogP contribution in [0.1, 0.15) is 77.6 Å². The van der Waals surface area contributed by atoms with Crippen LogP contribution in [-0.4, -0.2) is 13.1 Å². The summed E-state index contributed by atoms with van der Waals surface area (Å²) in [6.45, 7) is 2.32. The highest BCUT2D eigenvalue weighted by molar-refractivity contribution is 4.87. The summed E-state index contributed by atoms with van der Waals surface area (Å²) in [7, 11) is 2.20. The molecule has 0 aliphatic heterocycles.